The Kier molecular flexibility index (Phi) is 2.81. The largest absolute Gasteiger partial charge is 0.467 e. The standard InChI is InChI=1S/C9H11FN2O2/c1-9(11,8(13)14-2)6-3-7(10)5-12-4-6/h3-5H,11H2,1-2H3. The zero-order valence-corrected chi connectivity index (χ0v) is 7.95. The smallest absolute Gasteiger partial charge is 0.330 e. The molecule has 4 nitrogen and oxygen atoms in total. The van der Waals surface area contributed by atoms with Crippen LogP contribution in [0.4, 0.5) is 4.39 Å². The maximum absolute atomic E-state index is 12.8. The van der Waals surface area contributed by atoms with Crippen molar-refractivity contribution in [2.24, 2.45) is 5.73 Å². The highest BCUT2D eigenvalue weighted by atomic mass is 19.1. The SMILES string of the molecule is COC(=O)C(C)(N)c1cncc(F)c1. The second-order valence-corrected chi connectivity index (χ2v) is 3.09. The lowest BCUT2D eigenvalue weighted by atomic mass is 9.95. The van der Waals surface area contributed by atoms with Gasteiger partial charge in [0.2, 0.25) is 0 Å². The zero-order chi connectivity index (χ0) is 10.8. The molecule has 0 spiro atoms. The van der Waals surface area contributed by atoms with Crippen molar-refractivity contribution in [1.82, 2.24) is 4.98 Å². The number of nitrogens with two attached hydrogens (primary N) is 1. The zero-order valence-electron chi connectivity index (χ0n) is 7.95. The number of methoxy groups -OCH3 is 1. The number of nitrogens with zero attached hydrogens (tertiary/aromatic N) is 1. The molecule has 0 saturated carbocycles. The maximum Gasteiger partial charge on any atom is 0.330 e. The van der Waals surface area contributed by atoms with Gasteiger partial charge in [0, 0.05) is 11.8 Å². The average Bonchev–Trinajstić information content (AvgIpc) is 2.16. The molecule has 0 fully saturated rings. The molecule has 0 aliphatic carbocycles. The van der Waals surface area contributed by atoms with Gasteiger partial charge in [0.15, 0.2) is 0 Å². The first-order valence-electron chi connectivity index (χ1n) is 3.97. The van der Waals surface area contributed by atoms with Crippen LogP contribution < -0.4 is 5.73 Å². The lowest BCUT2D eigenvalue weighted by Crippen LogP contribution is -2.42. The Hall–Kier alpha value is -1.49. The van der Waals surface area contributed by atoms with Crippen LogP contribution in [0.5, 0.6) is 0 Å². The van der Waals surface area contributed by atoms with E-state index in [2.05, 4.69) is 9.72 Å². The van der Waals surface area contributed by atoms with E-state index < -0.39 is 17.3 Å². The molecule has 1 atom stereocenters. The van der Waals surface area contributed by atoms with Crippen LogP contribution in [0.1, 0.15) is 12.5 Å². The van der Waals surface area contributed by atoms with E-state index in [1.807, 2.05) is 0 Å². The molecule has 0 bridgehead atoms. The third-order valence-corrected chi connectivity index (χ3v) is 1.91. The second kappa shape index (κ2) is 3.71. The van der Waals surface area contributed by atoms with Crippen molar-refractivity contribution in [2.45, 2.75) is 12.5 Å². The van der Waals surface area contributed by atoms with Gasteiger partial charge >= 0.3 is 5.97 Å². The number of hydrogen-bond acceptors (Lipinski definition) is 4. The summed E-state index contributed by atoms with van der Waals surface area (Å²) in [6, 6.07) is 1.16. The summed E-state index contributed by atoms with van der Waals surface area (Å²) >= 11 is 0. The van der Waals surface area contributed by atoms with E-state index >= 15 is 0 Å². The molecule has 0 amide bonds. The number of halogens is 1. The summed E-state index contributed by atoms with van der Waals surface area (Å²) in [5, 5.41) is 0. The van der Waals surface area contributed by atoms with Crippen LogP contribution in [0.15, 0.2) is 18.5 Å². The van der Waals surface area contributed by atoms with Gasteiger partial charge in [-0.1, -0.05) is 0 Å². The van der Waals surface area contributed by atoms with Crippen LogP contribution in [0.25, 0.3) is 0 Å². The van der Waals surface area contributed by atoms with Crippen molar-refractivity contribution < 1.29 is 13.9 Å². The number of rotatable bonds is 2. The number of hydrogen-bond donors (Lipinski definition) is 1. The minimum Gasteiger partial charge on any atom is -0.467 e. The Morgan fingerprint density at radius 2 is 2.29 bits per heavy atom. The summed E-state index contributed by atoms with van der Waals surface area (Å²) in [6.45, 7) is 1.44. The fourth-order valence-corrected chi connectivity index (χ4v) is 1.03. The van der Waals surface area contributed by atoms with Gasteiger partial charge in [-0.2, -0.15) is 0 Å². The Morgan fingerprint density at radius 1 is 1.64 bits per heavy atom. The highest BCUT2D eigenvalue weighted by molar-refractivity contribution is 5.81. The van der Waals surface area contributed by atoms with Gasteiger partial charge in [-0.15, -0.1) is 0 Å². The monoisotopic (exact) mass is 198 g/mol. The number of esters is 1. The molecule has 1 rings (SSSR count). The summed E-state index contributed by atoms with van der Waals surface area (Å²) < 4.78 is 17.3. The van der Waals surface area contributed by atoms with E-state index in [9.17, 15) is 9.18 Å². The van der Waals surface area contributed by atoms with Crippen molar-refractivity contribution in [3.8, 4) is 0 Å². The van der Waals surface area contributed by atoms with Crippen molar-refractivity contribution in [3.63, 3.8) is 0 Å². The van der Waals surface area contributed by atoms with Gasteiger partial charge in [-0.3, -0.25) is 4.98 Å². The topological polar surface area (TPSA) is 65.2 Å². The molecule has 0 aromatic carbocycles. The first-order valence-corrected chi connectivity index (χ1v) is 3.97. The number of pyridine rings is 1. The summed E-state index contributed by atoms with van der Waals surface area (Å²) in [7, 11) is 1.22. The quantitative estimate of drug-likeness (QED) is 0.705. The van der Waals surface area contributed by atoms with Gasteiger partial charge in [-0.05, 0) is 13.0 Å². The molecule has 1 heterocycles. The lowest BCUT2D eigenvalue weighted by molar-refractivity contribution is -0.146. The van der Waals surface area contributed by atoms with E-state index in [1.165, 1.54) is 20.2 Å². The molecular weight excluding hydrogens is 187 g/mol. The summed E-state index contributed by atoms with van der Waals surface area (Å²) in [5.41, 5.74) is 4.59. The molecule has 1 unspecified atom stereocenters. The van der Waals surface area contributed by atoms with E-state index in [4.69, 9.17) is 5.73 Å². The van der Waals surface area contributed by atoms with Crippen molar-refractivity contribution >= 4 is 5.97 Å². The van der Waals surface area contributed by atoms with E-state index in [1.54, 1.807) is 0 Å². The van der Waals surface area contributed by atoms with Crippen LogP contribution >= 0.6 is 0 Å². The fourth-order valence-electron chi connectivity index (χ4n) is 1.03. The summed E-state index contributed by atoms with van der Waals surface area (Å²) in [4.78, 5) is 14.9. The molecule has 2 N–H and O–H groups in total. The molecule has 0 radical (unpaired) electrons. The highest BCUT2D eigenvalue weighted by Crippen LogP contribution is 2.18. The van der Waals surface area contributed by atoms with Crippen LogP contribution in [0.2, 0.25) is 0 Å². The Balaban J connectivity index is 3.09. The van der Waals surface area contributed by atoms with E-state index in [-0.39, 0.29) is 5.56 Å². The average molecular weight is 198 g/mol. The predicted octanol–water partition coefficient (Wildman–Crippen LogP) is 0.568. The number of carbonyl (C=O) groups is 1. The predicted molar refractivity (Wildman–Crippen MR) is 47.8 cm³/mol. The molecule has 0 aliphatic rings. The normalized spacial score (nSPS) is 14.6. The molecular formula is C9H11FN2O2. The minimum atomic E-state index is -1.37. The molecule has 5 heteroatoms. The first kappa shape index (κ1) is 10.6. The van der Waals surface area contributed by atoms with Gasteiger partial charge in [-0.25, -0.2) is 9.18 Å². The number of ether oxygens (including phenoxy) is 1. The van der Waals surface area contributed by atoms with Crippen LogP contribution in [0, 0.1) is 5.82 Å². The molecule has 1 aromatic rings. The molecule has 1 aromatic heterocycles. The van der Waals surface area contributed by atoms with Gasteiger partial charge in [0.05, 0.1) is 13.3 Å². The molecule has 0 aliphatic heterocycles. The van der Waals surface area contributed by atoms with Crippen molar-refractivity contribution in [3.05, 3.63) is 29.8 Å². The lowest BCUT2D eigenvalue weighted by Gasteiger charge is -2.21. The highest BCUT2D eigenvalue weighted by Gasteiger charge is 2.32. The summed E-state index contributed by atoms with van der Waals surface area (Å²) in [5.74, 6) is -1.17. The Morgan fingerprint density at radius 3 is 2.79 bits per heavy atom. The van der Waals surface area contributed by atoms with Gasteiger partial charge in [0.1, 0.15) is 11.4 Å². The number of aromatic nitrogens is 1. The van der Waals surface area contributed by atoms with Crippen LogP contribution in [-0.2, 0) is 15.1 Å². The minimum absolute atomic E-state index is 0.282. The molecule has 0 saturated heterocycles. The maximum atomic E-state index is 12.8. The van der Waals surface area contributed by atoms with Crippen LogP contribution in [0.3, 0.4) is 0 Å². The van der Waals surface area contributed by atoms with Gasteiger partial charge < -0.3 is 10.5 Å². The van der Waals surface area contributed by atoms with Crippen LogP contribution in [-0.4, -0.2) is 18.1 Å². The fraction of sp³-hybridized carbons (Fsp3) is 0.333. The van der Waals surface area contributed by atoms with E-state index in [0.29, 0.717) is 0 Å². The molecule has 14 heavy (non-hydrogen) atoms. The Labute approximate surface area is 80.9 Å². The van der Waals surface area contributed by atoms with Crippen molar-refractivity contribution in [1.29, 1.82) is 0 Å². The number of carbonyl (C=O) groups excluding carboxylic acids is 1. The van der Waals surface area contributed by atoms with E-state index in [0.717, 1.165) is 12.3 Å². The van der Waals surface area contributed by atoms with Crippen molar-refractivity contribution in [2.75, 3.05) is 7.11 Å². The Bertz CT molecular complexity index is 352. The van der Waals surface area contributed by atoms with Gasteiger partial charge in [0.25, 0.3) is 0 Å². The molecule has 76 valence electrons. The first-order chi connectivity index (χ1) is 6.48. The third kappa shape index (κ3) is 1.88. The third-order valence-electron chi connectivity index (χ3n) is 1.91. The second-order valence-electron chi connectivity index (χ2n) is 3.09. The summed E-state index contributed by atoms with van der Waals surface area (Å²) in [6.07, 6.45) is 2.37.